The van der Waals surface area contributed by atoms with E-state index in [2.05, 4.69) is 76.3 Å². The number of fused-ring (bicyclic) bond motifs is 1. The number of hydrogen-bond donors (Lipinski definition) is 1. The molecule has 152 valence electrons. The molecule has 0 bridgehead atoms. The third-order valence-corrected chi connectivity index (χ3v) is 10.2. The molecule has 1 atom stereocenters. The second-order valence-corrected chi connectivity index (χ2v) is 13.7. The summed E-state index contributed by atoms with van der Waals surface area (Å²) >= 11 is 0. The number of carboxylic acid groups (broad SMARTS) is 1. The van der Waals surface area contributed by atoms with Gasteiger partial charge < -0.3 is 9.53 Å². The Hall–Kier alpha value is -1.91. The van der Waals surface area contributed by atoms with Crippen molar-refractivity contribution >= 4 is 25.1 Å². The Morgan fingerprint density at radius 1 is 1.11 bits per heavy atom. The van der Waals surface area contributed by atoms with Crippen LogP contribution in [0.25, 0.3) is 10.8 Å². The molecule has 1 unspecified atom stereocenters. The highest BCUT2D eigenvalue weighted by atomic mass is 28.4. The van der Waals surface area contributed by atoms with Crippen molar-refractivity contribution in [2.24, 2.45) is 0 Å². The SMILES string of the molecule is CC(C)(C)[Si](C)(C)OC(CCCCC=CC(=O)O)c1cccc2ccccc12. The first-order valence-electron chi connectivity index (χ1n) is 10.2. The maximum absolute atomic E-state index is 10.6. The standard InChI is InChI=1S/C24H34O3Si/c1-24(2,3)28(4,5)27-22(17-8-6-7-9-18-23(25)26)21-16-12-14-19-13-10-11-15-20(19)21/h9-16,18,22H,6-8,17H2,1-5H3,(H,25,26). The molecular weight excluding hydrogens is 364 g/mol. The lowest BCUT2D eigenvalue weighted by Gasteiger charge is -2.39. The first kappa shape index (κ1) is 22.4. The van der Waals surface area contributed by atoms with Crippen molar-refractivity contribution in [1.29, 1.82) is 0 Å². The highest BCUT2D eigenvalue weighted by molar-refractivity contribution is 6.74. The molecule has 1 N–H and O–H groups in total. The van der Waals surface area contributed by atoms with E-state index in [1.165, 1.54) is 22.4 Å². The van der Waals surface area contributed by atoms with Gasteiger partial charge in [0.15, 0.2) is 8.32 Å². The zero-order valence-corrected chi connectivity index (χ0v) is 18.9. The van der Waals surface area contributed by atoms with Gasteiger partial charge in [-0.25, -0.2) is 4.79 Å². The Morgan fingerprint density at radius 2 is 1.79 bits per heavy atom. The van der Waals surface area contributed by atoms with Gasteiger partial charge in [-0.3, -0.25) is 0 Å². The molecule has 28 heavy (non-hydrogen) atoms. The molecular formula is C24H34O3Si. The van der Waals surface area contributed by atoms with Crippen LogP contribution in [0.5, 0.6) is 0 Å². The van der Waals surface area contributed by atoms with Crippen LogP contribution in [0.4, 0.5) is 0 Å². The summed E-state index contributed by atoms with van der Waals surface area (Å²) in [7, 11) is -1.92. The van der Waals surface area contributed by atoms with Crippen LogP contribution >= 0.6 is 0 Å². The van der Waals surface area contributed by atoms with Gasteiger partial charge in [0.25, 0.3) is 0 Å². The Balaban J connectivity index is 2.22. The molecule has 0 aromatic heterocycles. The second-order valence-electron chi connectivity index (χ2n) is 8.96. The normalized spacial score (nSPS) is 13.9. The fourth-order valence-electron chi connectivity index (χ4n) is 3.12. The van der Waals surface area contributed by atoms with Gasteiger partial charge >= 0.3 is 5.97 Å². The number of benzene rings is 2. The molecule has 0 saturated carbocycles. The summed E-state index contributed by atoms with van der Waals surface area (Å²) in [5.41, 5.74) is 1.27. The molecule has 0 fully saturated rings. The van der Waals surface area contributed by atoms with Crippen molar-refractivity contribution < 1.29 is 14.3 Å². The molecule has 3 nitrogen and oxygen atoms in total. The van der Waals surface area contributed by atoms with E-state index in [-0.39, 0.29) is 11.1 Å². The minimum absolute atomic E-state index is 0.0652. The number of carboxylic acids is 1. The number of unbranched alkanes of at least 4 members (excludes halogenated alkanes) is 2. The van der Waals surface area contributed by atoms with Crippen LogP contribution in [0, 0.1) is 0 Å². The average Bonchev–Trinajstić information content (AvgIpc) is 2.62. The quantitative estimate of drug-likeness (QED) is 0.278. The van der Waals surface area contributed by atoms with Crippen molar-refractivity contribution in [1.82, 2.24) is 0 Å². The zero-order chi connectivity index (χ0) is 20.8. The predicted molar refractivity (Wildman–Crippen MR) is 120 cm³/mol. The van der Waals surface area contributed by atoms with E-state index in [0.717, 1.165) is 25.7 Å². The fourth-order valence-corrected chi connectivity index (χ4v) is 4.43. The number of rotatable bonds is 9. The van der Waals surface area contributed by atoms with Crippen LogP contribution in [0.2, 0.25) is 18.1 Å². The molecule has 4 heteroatoms. The molecule has 2 aromatic carbocycles. The van der Waals surface area contributed by atoms with E-state index in [0.29, 0.717) is 0 Å². The Labute approximate surface area is 170 Å². The summed E-state index contributed by atoms with van der Waals surface area (Å²) in [6.45, 7) is 11.4. The molecule has 0 aliphatic rings. The summed E-state index contributed by atoms with van der Waals surface area (Å²) in [6.07, 6.45) is 6.74. The van der Waals surface area contributed by atoms with E-state index in [1.54, 1.807) is 6.08 Å². The predicted octanol–water partition coefficient (Wildman–Crippen LogP) is 7.10. The summed E-state index contributed by atoms with van der Waals surface area (Å²) in [5.74, 6) is -0.880. The van der Waals surface area contributed by atoms with Crippen molar-refractivity contribution in [3.05, 3.63) is 60.2 Å². The third-order valence-electron chi connectivity index (χ3n) is 5.76. The van der Waals surface area contributed by atoms with Crippen LogP contribution in [0.1, 0.15) is 58.1 Å². The monoisotopic (exact) mass is 398 g/mol. The molecule has 0 aliphatic heterocycles. The third kappa shape index (κ3) is 6.04. The maximum Gasteiger partial charge on any atom is 0.327 e. The minimum Gasteiger partial charge on any atom is -0.478 e. The lowest BCUT2D eigenvalue weighted by atomic mass is 9.97. The molecule has 0 spiro atoms. The van der Waals surface area contributed by atoms with Crippen molar-refractivity contribution in [2.45, 2.75) is 70.7 Å². The van der Waals surface area contributed by atoms with Crippen molar-refractivity contribution in [3.63, 3.8) is 0 Å². The average molecular weight is 399 g/mol. The first-order valence-corrected chi connectivity index (χ1v) is 13.1. The second kappa shape index (κ2) is 9.53. The molecule has 2 aromatic rings. The van der Waals surface area contributed by atoms with Crippen LogP contribution in [-0.2, 0) is 9.22 Å². The number of aliphatic carboxylic acids is 1. The summed E-state index contributed by atoms with van der Waals surface area (Å²) in [5, 5.41) is 11.4. The molecule has 0 saturated heterocycles. The molecule has 2 rings (SSSR count). The number of carbonyl (C=O) groups is 1. The van der Waals surface area contributed by atoms with Gasteiger partial charge in [-0.05, 0) is 53.7 Å². The van der Waals surface area contributed by atoms with Crippen molar-refractivity contribution in [2.75, 3.05) is 0 Å². The lowest BCUT2D eigenvalue weighted by Crippen LogP contribution is -2.41. The smallest absolute Gasteiger partial charge is 0.327 e. The van der Waals surface area contributed by atoms with Gasteiger partial charge in [-0.2, -0.15) is 0 Å². The summed E-state index contributed by atoms with van der Waals surface area (Å²) in [6, 6.07) is 15.0. The highest BCUT2D eigenvalue weighted by Gasteiger charge is 2.39. The topological polar surface area (TPSA) is 46.5 Å². The molecule has 0 radical (unpaired) electrons. The van der Waals surface area contributed by atoms with E-state index < -0.39 is 14.3 Å². The van der Waals surface area contributed by atoms with Crippen LogP contribution < -0.4 is 0 Å². The fraction of sp³-hybridized carbons (Fsp3) is 0.458. The summed E-state index contributed by atoms with van der Waals surface area (Å²) in [4.78, 5) is 10.6. The number of allylic oxidation sites excluding steroid dienone is 1. The van der Waals surface area contributed by atoms with Gasteiger partial charge in [0.1, 0.15) is 0 Å². The maximum atomic E-state index is 10.6. The summed E-state index contributed by atoms with van der Waals surface area (Å²) < 4.78 is 6.87. The Bertz CT molecular complexity index is 813. The molecule has 0 aliphatic carbocycles. The Kier molecular flexibility index (Phi) is 7.61. The Morgan fingerprint density at radius 3 is 2.46 bits per heavy atom. The van der Waals surface area contributed by atoms with E-state index >= 15 is 0 Å². The van der Waals surface area contributed by atoms with Gasteiger partial charge in [0.2, 0.25) is 0 Å². The van der Waals surface area contributed by atoms with Gasteiger partial charge in [-0.1, -0.05) is 75.7 Å². The van der Waals surface area contributed by atoms with Crippen molar-refractivity contribution in [3.8, 4) is 0 Å². The van der Waals surface area contributed by atoms with Gasteiger partial charge in [-0.15, -0.1) is 0 Å². The minimum atomic E-state index is -1.92. The van der Waals surface area contributed by atoms with Crippen LogP contribution in [0.3, 0.4) is 0 Å². The highest BCUT2D eigenvalue weighted by Crippen LogP contribution is 2.42. The van der Waals surface area contributed by atoms with Gasteiger partial charge in [0, 0.05) is 6.08 Å². The first-order chi connectivity index (χ1) is 13.1. The van der Waals surface area contributed by atoms with E-state index in [1.807, 2.05) is 0 Å². The molecule has 0 heterocycles. The van der Waals surface area contributed by atoms with Crippen LogP contribution in [-0.4, -0.2) is 19.4 Å². The zero-order valence-electron chi connectivity index (χ0n) is 17.9. The van der Waals surface area contributed by atoms with Gasteiger partial charge in [0.05, 0.1) is 6.10 Å². The van der Waals surface area contributed by atoms with Crippen LogP contribution in [0.15, 0.2) is 54.6 Å². The number of hydrogen-bond acceptors (Lipinski definition) is 2. The molecule has 0 amide bonds. The van der Waals surface area contributed by atoms with E-state index in [4.69, 9.17) is 9.53 Å². The van der Waals surface area contributed by atoms with E-state index in [9.17, 15) is 4.79 Å². The largest absolute Gasteiger partial charge is 0.478 e. The lowest BCUT2D eigenvalue weighted by molar-refractivity contribution is -0.131.